The topological polar surface area (TPSA) is 110 Å². The Morgan fingerprint density at radius 1 is 0.914 bits per heavy atom. The van der Waals surface area contributed by atoms with Gasteiger partial charge in [0, 0.05) is 11.6 Å². The van der Waals surface area contributed by atoms with Crippen LogP contribution in [0.25, 0.3) is 33.4 Å². The second kappa shape index (κ2) is 8.07. The van der Waals surface area contributed by atoms with E-state index in [0.717, 1.165) is 16.5 Å². The molecular weight excluding hydrogens is 442 g/mol. The first-order chi connectivity index (χ1) is 17.1. The van der Waals surface area contributed by atoms with Gasteiger partial charge in [0.2, 0.25) is 5.95 Å². The van der Waals surface area contributed by atoms with E-state index in [1.165, 1.54) is 10.9 Å². The Morgan fingerprint density at radius 3 is 2.54 bits per heavy atom. The van der Waals surface area contributed by atoms with Crippen LogP contribution in [0.3, 0.4) is 0 Å². The van der Waals surface area contributed by atoms with Gasteiger partial charge in [-0.1, -0.05) is 54.6 Å². The fourth-order valence-electron chi connectivity index (χ4n) is 4.12. The summed E-state index contributed by atoms with van der Waals surface area (Å²) in [6.07, 6.45) is 1.48. The van der Waals surface area contributed by atoms with Gasteiger partial charge >= 0.3 is 0 Å². The zero-order valence-corrected chi connectivity index (χ0v) is 18.6. The van der Waals surface area contributed by atoms with Crippen molar-refractivity contribution in [1.82, 2.24) is 29.5 Å². The van der Waals surface area contributed by atoms with Gasteiger partial charge in [0.05, 0.1) is 17.6 Å². The van der Waals surface area contributed by atoms with Crippen LogP contribution in [0, 0.1) is 6.92 Å². The fourth-order valence-corrected chi connectivity index (χ4v) is 4.12. The third-order valence-corrected chi connectivity index (χ3v) is 5.73. The van der Waals surface area contributed by atoms with E-state index in [-0.39, 0.29) is 17.4 Å². The summed E-state index contributed by atoms with van der Waals surface area (Å²) in [5.74, 6) is 0.260. The van der Waals surface area contributed by atoms with Crippen LogP contribution in [0.4, 0.5) is 5.82 Å². The molecule has 35 heavy (non-hydrogen) atoms. The largest absolute Gasteiger partial charge is 0.306 e. The Balaban J connectivity index is 1.44. The third-order valence-electron chi connectivity index (χ3n) is 5.73. The maximum absolute atomic E-state index is 13.2. The van der Waals surface area contributed by atoms with Gasteiger partial charge in [-0.2, -0.15) is 19.9 Å². The molecule has 3 aromatic heterocycles. The monoisotopic (exact) mass is 461 g/mol. The molecule has 0 radical (unpaired) electrons. The van der Waals surface area contributed by atoms with Gasteiger partial charge in [0.1, 0.15) is 11.2 Å². The maximum atomic E-state index is 13.2. The van der Waals surface area contributed by atoms with Crippen LogP contribution < -0.4 is 10.9 Å². The molecule has 0 atom stereocenters. The summed E-state index contributed by atoms with van der Waals surface area (Å²) < 4.78 is 3.01. The number of para-hydroxylation sites is 1. The lowest BCUT2D eigenvalue weighted by Crippen LogP contribution is -2.19. The Labute approximate surface area is 198 Å². The molecule has 6 aromatic rings. The molecular formula is C26H19N7O2. The number of H-pyrrole nitrogens is 1. The molecule has 0 aliphatic carbocycles. The number of benzene rings is 3. The van der Waals surface area contributed by atoms with Crippen molar-refractivity contribution in [3.63, 3.8) is 0 Å². The van der Waals surface area contributed by atoms with Crippen LogP contribution >= 0.6 is 0 Å². The predicted octanol–water partition coefficient (Wildman–Crippen LogP) is 4.01. The second-order valence-corrected chi connectivity index (χ2v) is 8.08. The second-order valence-electron chi connectivity index (χ2n) is 8.08. The van der Waals surface area contributed by atoms with Gasteiger partial charge < -0.3 is 5.32 Å². The van der Waals surface area contributed by atoms with Gasteiger partial charge in [0.15, 0.2) is 5.65 Å². The fraction of sp³-hybridized carbons (Fsp3) is 0.0385. The summed E-state index contributed by atoms with van der Waals surface area (Å²) in [4.78, 5) is 33.5. The summed E-state index contributed by atoms with van der Waals surface area (Å²) in [5, 5.41) is 13.9. The van der Waals surface area contributed by atoms with Crippen LogP contribution in [-0.2, 0) is 0 Å². The van der Waals surface area contributed by atoms with E-state index in [9.17, 15) is 9.59 Å². The van der Waals surface area contributed by atoms with Crippen LogP contribution in [0.2, 0.25) is 0 Å². The first-order valence-electron chi connectivity index (χ1n) is 11.0. The number of nitrogens with one attached hydrogen (secondary N) is 2. The van der Waals surface area contributed by atoms with Crippen molar-refractivity contribution in [3.05, 3.63) is 107 Å². The quantitative estimate of drug-likeness (QED) is 0.412. The number of aryl methyl sites for hydroxylation is 1. The van der Waals surface area contributed by atoms with Crippen molar-refractivity contribution in [2.75, 3.05) is 5.32 Å². The normalized spacial score (nSPS) is 11.2. The molecule has 3 aromatic carbocycles. The third kappa shape index (κ3) is 3.55. The number of anilines is 1. The number of nitrogens with zero attached hydrogens (tertiary/aromatic N) is 5. The zero-order valence-electron chi connectivity index (χ0n) is 18.6. The molecule has 0 aliphatic heterocycles. The highest BCUT2D eigenvalue weighted by atomic mass is 16.2. The van der Waals surface area contributed by atoms with Crippen molar-refractivity contribution in [1.29, 1.82) is 0 Å². The molecule has 0 aliphatic rings. The smallest absolute Gasteiger partial charge is 0.263 e. The number of fused-ring (bicyclic) bond motifs is 2. The van der Waals surface area contributed by atoms with Gasteiger partial charge in [-0.25, -0.2) is 4.68 Å². The van der Waals surface area contributed by atoms with E-state index < -0.39 is 0 Å². The Bertz CT molecular complexity index is 1780. The number of hydrogen-bond donors (Lipinski definition) is 2. The number of amides is 1. The Morgan fingerprint density at radius 2 is 1.69 bits per heavy atom. The minimum absolute atomic E-state index is 0.168. The molecule has 6 rings (SSSR count). The summed E-state index contributed by atoms with van der Waals surface area (Å²) in [7, 11) is 0. The van der Waals surface area contributed by atoms with Gasteiger partial charge in [-0.15, -0.1) is 0 Å². The molecule has 3 heterocycles. The number of rotatable bonds is 4. The van der Waals surface area contributed by atoms with Crippen LogP contribution in [0.1, 0.15) is 16.1 Å². The highest BCUT2D eigenvalue weighted by molar-refractivity contribution is 6.12. The zero-order chi connectivity index (χ0) is 23.9. The molecule has 170 valence electrons. The highest BCUT2D eigenvalue weighted by Gasteiger charge is 2.18. The van der Waals surface area contributed by atoms with Crippen LogP contribution in [-0.4, -0.2) is 35.4 Å². The lowest BCUT2D eigenvalue weighted by atomic mass is 10.0. The average molecular weight is 461 g/mol. The molecule has 0 spiro atoms. The molecule has 0 saturated carbocycles. The van der Waals surface area contributed by atoms with E-state index in [2.05, 4.69) is 25.5 Å². The van der Waals surface area contributed by atoms with Crippen molar-refractivity contribution in [2.45, 2.75) is 6.92 Å². The lowest BCUT2D eigenvalue weighted by molar-refractivity contribution is 0.102. The van der Waals surface area contributed by atoms with Crippen molar-refractivity contribution in [2.24, 2.45) is 0 Å². The summed E-state index contributed by atoms with van der Waals surface area (Å²) in [6, 6.07) is 24.4. The lowest BCUT2D eigenvalue weighted by Gasteiger charge is -2.10. The van der Waals surface area contributed by atoms with E-state index in [4.69, 9.17) is 0 Å². The van der Waals surface area contributed by atoms with Crippen molar-refractivity contribution >= 4 is 33.5 Å². The molecule has 0 bridgehead atoms. The summed E-state index contributed by atoms with van der Waals surface area (Å²) >= 11 is 0. The van der Waals surface area contributed by atoms with E-state index >= 15 is 0 Å². The van der Waals surface area contributed by atoms with Crippen LogP contribution in [0.15, 0.2) is 89.9 Å². The van der Waals surface area contributed by atoms with Gasteiger partial charge in [-0.05, 0) is 35.9 Å². The molecule has 9 heteroatoms. The summed E-state index contributed by atoms with van der Waals surface area (Å²) in [5.41, 5.74) is 1.99. The Hall–Kier alpha value is -5.05. The van der Waals surface area contributed by atoms with Gasteiger partial charge in [-0.3, -0.25) is 14.6 Å². The Kier molecular flexibility index (Phi) is 4.74. The first-order valence-corrected chi connectivity index (χ1v) is 11.0. The number of hydrogen-bond acceptors (Lipinski definition) is 5. The minimum atomic E-state index is -0.355. The first kappa shape index (κ1) is 20.5. The van der Waals surface area contributed by atoms with E-state index in [0.29, 0.717) is 28.1 Å². The van der Waals surface area contributed by atoms with Crippen LogP contribution in [0.5, 0.6) is 0 Å². The SMILES string of the molecule is Cc1cc(NC(=O)c2cccc3ccccc23)n(-c2nc3c(cnn3-c3ccccc3)c(=O)[nH]2)n1. The molecule has 0 fully saturated rings. The number of aromatic amines is 1. The number of carbonyl (C=O) groups is 1. The predicted molar refractivity (Wildman–Crippen MR) is 133 cm³/mol. The standard InChI is InChI=1S/C26H19N7O2/c1-16-14-22(28-24(34)20-13-7-9-17-8-5-6-12-19(17)20)33(31-16)26-29-23-21(25(35)30-26)15-27-32(23)18-10-3-2-4-11-18/h2-15H,1H3,(H,28,34)(H,29,30,35). The number of aromatic nitrogens is 6. The van der Waals surface area contributed by atoms with Crippen molar-refractivity contribution < 1.29 is 4.79 Å². The summed E-state index contributed by atoms with van der Waals surface area (Å²) in [6.45, 7) is 1.80. The molecule has 2 N–H and O–H groups in total. The van der Waals surface area contributed by atoms with E-state index in [1.54, 1.807) is 23.7 Å². The van der Waals surface area contributed by atoms with Crippen molar-refractivity contribution in [3.8, 4) is 11.6 Å². The molecule has 0 saturated heterocycles. The highest BCUT2D eigenvalue weighted by Crippen LogP contribution is 2.22. The molecule has 1 amide bonds. The van der Waals surface area contributed by atoms with Gasteiger partial charge in [0.25, 0.3) is 11.5 Å². The molecule has 9 nitrogen and oxygen atoms in total. The average Bonchev–Trinajstić information content (AvgIpc) is 3.47. The maximum Gasteiger partial charge on any atom is 0.263 e. The number of carbonyl (C=O) groups excluding carboxylic acids is 1. The van der Waals surface area contributed by atoms with E-state index in [1.807, 2.05) is 66.7 Å². The molecule has 0 unspecified atom stereocenters. The minimum Gasteiger partial charge on any atom is -0.306 e.